The highest BCUT2D eigenvalue weighted by molar-refractivity contribution is 7.11. The number of anilines is 1. The topological polar surface area (TPSA) is 93.8 Å². The standard InChI is InChI=1S/C27H24ClN5O2S/c1-15-25(16(2)35-33-15)19-7-9-23-22(12-19)26(30-13-18-5-4-6-20(28)11-18)32-27(31-23)24(34)10-8-21-14-29-17(3)36-21/h4-7,9,11-12,14H,8,10,13H2,1-3H3,(H,30,31,32). The Morgan fingerprint density at radius 1 is 1.11 bits per heavy atom. The molecule has 7 nitrogen and oxygen atoms in total. The van der Waals surface area contributed by atoms with Gasteiger partial charge in [0.2, 0.25) is 0 Å². The van der Waals surface area contributed by atoms with Gasteiger partial charge in [0.25, 0.3) is 0 Å². The third kappa shape index (κ3) is 5.15. The quantitative estimate of drug-likeness (QED) is 0.227. The second kappa shape index (κ2) is 10.2. The van der Waals surface area contributed by atoms with Crippen LogP contribution < -0.4 is 5.32 Å². The lowest BCUT2D eigenvalue weighted by atomic mass is 10.0. The largest absolute Gasteiger partial charge is 0.365 e. The Morgan fingerprint density at radius 3 is 2.69 bits per heavy atom. The molecule has 36 heavy (non-hydrogen) atoms. The summed E-state index contributed by atoms with van der Waals surface area (Å²) in [7, 11) is 0. The average molecular weight is 518 g/mol. The van der Waals surface area contributed by atoms with Gasteiger partial charge in [0.15, 0.2) is 11.6 Å². The predicted octanol–water partition coefficient (Wildman–Crippen LogP) is 6.75. The van der Waals surface area contributed by atoms with E-state index in [1.165, 1.54) is 0 Å². The van der Waals surface area contributed by atoms with Crippen LogP contribution in [-0.2, 0) is 13.0 Å². The minimum atomic E-state index is -0.108. The number of carbonyl (C=O) groups is 1. The number of nitrogens with zero attached hydrogens (tertiary/aromatic N) is 4. The van der Waals surface area contributed by atoms with Crippen molar-refractivity contribution < 1.29 is 9.32 Å². The molecule has 0 saturated heterocycles. The van der Waals surface area contributed by atoms with Crippen molar-refractivity contribution in [1.29, 1.82) is 0 Å². The number of halogens is 1. The van der Waals surface area contributed by atoms with Crippen molar-refractivity contribution in [2.24, 2.45) is 0 Å². The summed E-state index contributed by atoms with van der Waals surface area (Å²) in [4.78, 5) is 27.7. The van der Waals surface area contributed by atoms with Gasteiger partial charge in [0.1, 0.15) is 11.6 Å². The van der Waals surface area contributed by atoms with E-state index in [0.717, 1.165) is 43.4 Å². The van der Waals surface area contributed by atoms with E-state index < -0.39 is 0 Å². The number of Topliss-reactive ketones (excluding diaryl/α,β-unsaturated/α-hetero) is 1. The van der Waals surface area contributed by atoms with E-state index in [4.69, 9.17) is 16.1 Å². The van der Waals surface area contributed by atoms with E-state index in [0.29, 0.717) is 35.7 Å². The fraction of sp³-hybridized carbons (Fsp3) is 0.222. The lowest BCUT2D eigenvalue weighted by Crippen LogP contribution is -2.11. The van der Waals surface area contributed by atoms with Crippen LogP contribution in [0.25, 0.3) is 22.0 Å². The number of hydrogen-bond donors (Lipinski definition) is 1. The first-order valence-electron chi connectivity index (χ1n) is 11.6. The number of aromatic nitrogens is 4. The Hall–Kier alpha value is -3.62. The number of fused-ring (bicyclic) bond motifs is 1. The van der Waals surface area contributed by atoms with Gasteiger partial charge in [-0.15, -0.1) is 11.3 Å². The molecule has 0 bridgehead atoms. The zero-order chi connectivity index (χ0) is 25.2. The Labute approximate surface area is 217 Å². The predicted molar refractivity (Wildman–Crippen MR) is 143 cm³/mol. The molecule has 9 heteroatoms. The lowest BCUT2D eigenvalue weighted by Gasteiger charge is -2.12. The molecule has 5 aromatic rings. The molecule has 0 spiro atoms. The van der Waals surface area contributed by atoms with Gasteiger partial charge in [-0.25, -0.2) is 15.0 Å². The number of hydrogen-bond acceptors (Lipinski definition) is 8. The maximum absolute atomic E-state index is 13.1. The van der Waals surface area contributed by atoms with E-state index in [2.05, 4.69) is 25.4 Å². The number of ketones is 1. The Bertz CT molecular complexity index is 1560. The molecular weight excluding hydrogens is 494 g/mol. The van der Waals surface area contributed by atoms with Crippen molar-refractivity contribution in [3.63, 3.8) is 0 Å². The first-order valence-corrected chi connectivity index (χ1v) is 12.7. The molecule has 0 aliphatic heterocycles. The van der Waals surface area contributed by atoms with Crippen LogP contribution in [0, 0.1) is 20.8 Å². The summed E-state index contributed by atoms with van der Waals surface area (Å²) < 4.78 is 5.37. The molecule has 2 aromatic carbocycles. The van der Waals surface area contributed by atoms with Crippen molar-refractivity contribution in [3.8, 4) is 11.1 Å². The van der Waals surface area contributed by atoms with Crippen LogP contribution in [0.2, 0.25) is 5.02 Å². The molecule has 182 valence electrons. The first-order chi connectivity index (χ1) is 17.4. The molecule has 0 radical (unpaired) electrons. The van der Waals surface area contributed by atoms with Crippen molar-refractivity contribution in [2.75, 3.05) is 5.32 Å². The molecule has 1 N–H and O–H groups in total. The molecule has 0 atom stereocenters. The number of carbonyl (C=O) groups excluding carboxylic acids is 1. The fourth-order valence-corrected chi connectivity index (χ4v) is 5.15. The maximum Gasteiger partial charge on any atom is 0.200 e. The number of benzene rings is 2. The normalized spacial score (nSPS) is 11.2. The minimum absolute atomic E-state index is 0.108. The summed E-state index contributed by atoms with van der Waals surface area (Å²) in [6, 6.07) is 13.5. The van der Waals surface area contributed by atoms with Crippen molar-refractivity contribution in [2.45, 2.75) is 40.2 Å². The highest BCUT2D eigenvalue weighted by Gasteiger charge is 2.18. The van der Waals surface area contributed by atoms with E-state index in [1.807, 2.05) is 69.4 Å². The molecule has 0 saturated carbocycles. The third-order valence-electron chi connectivity index (χ3n) is 5.88. The molecule has 0 unspecified atom stereocenters. The fourth-order valence-electron chi connectivity index (χ4n) is 4.14. The molecule has 5 rings (SSSR count). The molecule has 3 aromatic heterocycles. The minimum Gasteiger partial charge on any atom is -0.365 e. The summed E-state index contributed by atoms with van der Waals surface area (Å²) in [5.74, 6) is 1.42. The number of rotatable bonds is 8. The summed E-state index contributed by atoms with van der Waals surface area (Å²) in [5.41, 5.74) is 4.40. The number of aryl methyl sites for hydroxylation is 4. The lowest BCUT2D eigenvalue weighted by molar-refractivity contribution is 0.0973. The van der Waals surface area contributed by atoms with Gasteiger partial charge >= 0.3 is 0 Å². The highest BCUT2D eigenvalue weighted by atomic mass is 35.5. The van der Waals surface area contributed by atoms with Gasteiger partial charge < -0.3 is 9.84 Å². The summed E-state index contributed by atoms with van der Waals surface area (Å²) in [5, 5.41) is 9.94. The third-order valence-corrected chi connectivity index (χ3v) is 7.09. The van der Waals surface area contributed by atoms with Crippen LogP contribution >= 0.6 is 22.9 Å². The van der Waals surface area contributed by atoms with Gasteiger partial charge in [-0.3, -0.25) is 4.79 Å². The Morgan fingerprint density at radius 2 is 1.97 bits per heavy atom. The van der Waals surface area contributed by atoms with Crippen molar-refractivity contribution in [1.82, 2.24) is 20.1 Å². The van der Waals surface area contributed by atoms with E-state index in [-0.39, 0.29) is 11.6 Å². The SMILES string of the molecule is Cc1ncc(CCC(=O)c2nc(NCc3cccc(Cl)c3)c3cc(-c4c(C)noc4C)ccc3n2)s1. The van der Waals surface area contributed by atoms with Gasteiger partial charge in [-0.05, 0) is 62.6 Å². The monoisotopic (exact) mass is 517 g/mol. The second-order valence-corrected chi connectivity index (χ2v) is 10.3. The van der Waals surface area contributed by atoms with E-state index in [1.54, 1.807) is 11.3 Å². The summed E-state index contributed by atoms with van der Waals surface area (Å²) in [6.45, 7) is 6.26. The van der Waals surface area contributed by atoms with Crippen LogP contribution in [0.3, 0.4) is 0 Å². The van der Waals surface area contributed by atoms with E-state index >= 15 is 0 Å². The van der Waals surface area contributed by atoms with Crippen LogP contribution in [0.1, 0.15) is 43.9 Å². The summed E-state index contributed by atoms with van der Waals surface area (Å²) >= 11 is 7.77. The van der Waals surface area contributed by atoms with Crippen LogP contribution in [0.4, 0.5) is 5.82 Å². The van der Waals surface area contributed by atoms with Gasteiger partial charge in [-0.1, -0.05) is 35.0 Å². The number of nitrogens with one attached hydrogen (secondary N) is 1. The first kappa shape index (κ1) is 24.1. The van der Waals surface area contributed by atoms with Crippen LogP contribution in [-0.4, -0.2) is 25.9 Å². The molecule has 0 amide bonds. The van der Waals surface area contributed by atoms with Crippen LogP contribution in [0.5, 0.6) is 0 Å². The van der Waals surface area contributed by atoms with Crippen LogP contribution in [0.15, 0.2) is 53.2 Å². The highest BCUT2D eigenvalue weighted by Crippen LogP contribution is 2.32. The molecular formula is C27H24ClN5O2S. The zero-order valence-corrected chi connectivity index (χ0v) is 21.7. The molecule has 0 aliphatic rings. The summed E-state index contributed by atoms with van der Waals surface area (Å²) in [6.07, 6.45) is 2.75. The molecule has 3 heterocycles. The molecule has 0 fully saturated rings. The Balaban J connectivity index is 1.51. The second-order valence-electron chi connectivity index (χ2n) is 8.58. The Kier molecular flexibility index (Phi) is 6.80. The zero-order valence-electron chi connectivity index (χ0n) is 20.1. The van der Waals surface area contributed by atoms with Gasteiger partial charge in [-0.2, -0.15) is 0 Å². The molecule has 0 aliphatic carbocycles. The van der Waals surface area contributed by atoms with Crippen molar-refractivity contribution in [3.05, 3.63) is 86.4 Å². The van der Waals surface area contributed by atoms with E-state index in [9.17, 15) is 4.79 Å². The van der Waals surface area contributed by atoms with Gasteiger partial charge in [0.05, 0.1) is 16.2 Å². The number of thiazole rings is 1. The van der Waals surface area contributed by atoms with Crippen molar-refractivity contribution >= 4 is 45.4 Å². The van der Waals surface area contributed by atoms with Gasteiger partial charge in [0, 0.05) is 40.0 Å². The average Bonchev–Trinajstić information content (AvgIpc) is 3.44. The maximum atomic E-state index is 13.1. The smallest absolute Gasteiger partial charge is 0.200 e.